The monoisotopic (exact) mass is 489 g/mol. The molecule has 0 fully saturated rings. The summed E-state index contributed by atoms with van der Waals surface area (Å²) >= 11 is 0. The molecule has 4 aromatic carbocycles. The van der Waals surface area contributed by atoms with E-state index in [1.807, 2.05) is 12.1 Å². The lowest BCUT2D eigenvalue weighted by molar-refractivity contribution is -0.121. The molecule has 0 bridgehead atoms. The number of carbonyl (C=O) groups excluding carboxylic acids is 1. The lowest BCUT2D eigenvalue weighted by Gasteiger charge is -2.26. The van der Waals surface area contributed by atoms with Crippen molar-refractivity contribution in [1.29, 1.82) is 0 Å². The number of rotatable bonds is 10. The number of benzene rings is 4. The number of ether oxygens (including phenoxy) is 1. The van der Waals surface area contributed by atoms with E-state index in [-0.39, 0.29) is 5.78 Å². The third-order valence-corrected chi connectivity index (χ3v) is 6.51. The molecule has 0 aliphatic carbocycles. The van der Waals surface area contributed by atoms with Crippen molar-refractivity contribution >= 4 is 22.8 Å². The number of Topliss-reactive ketones (excluding diaryl/α,β-unsaturated/α-hetero) is 1. The quantitative estimate of drug-likeness (QED) is 0.209. The fourth-order valence-corrected chi connectivity index (χ4v) is 4.27. The van der Waals surface area contributed by atoms with E-state index in [2.05, 4.69) is 110 Å². The summed E-state index contributed by atoms with van der Waals surface area (Å²) in [5.74, 6) is 0.623. The number of hydrogen-bond acceptors (Lipinski definition) is 3. The van der Waals surface area contributed by atoms with Crippen LogP contribution in [-0.4, -0.2) is 11.9 Å². The molecule has 0 heterocycles. The molecule has 3 nitrogen and oxygen atoms in total. The van der Waals surface area contributed by atoms with Crippen LogP contribution in [0.4, 0.5) is 17.1 Å². The molecule has 0 radical (unpaired) electrons. The Balaban J connectivity index is 1.44. The second-order valence-corrected chi connectivity index (χ2v) is 9.72. The highest BCUT2D eigenvalue weighted by atomic mass is 16.5. The first kappa shape index (κ1) is 26.0. The zero-order valence-corrected chi connectivity index (χ0v) is 22.2. The Hall–Kier alpha value is -4.11. The molecular formula is C34H35NO2. The Bertz CT molecular complexity index is 1290. The van der Waals surface area contributed by atoms with Gasteiger partial charge in [-0.05, 0) is 106 Å². The van der Waals surface area contributed by atoms with Crippen LogP contribution in [0.5, 0.6) is 5.75 Å². The van der Waals surface area contributed by atoms with Crippen molar-refractivity contribution < 1.29 is 9.53 Å². The molecule has 0 saturated carbocycles. The van der Waals surface area contributed by atoms with Crippen LogP contribution < -0.4 is 9.64 Å². The average molecular weight is 490 g/mol. The summed E-state index contributed by atoms with van der Waals surface area (Å²) in [6, 6.07) is 34.1. The van der Waals surface area contributed by atoms with Gasteiger partial charge in [0.15, 0.2) is 11.9 Å². The third-order valence-electron chi connectivity index (χ3n) is 6.51. The minimum absolute atomic E-state index is 0.0733. The van der Waals surface area contributed by atoms with Gasteiger partial charge in [-0.15, -0.1) is 0 Å². The fraction of sp³-hybridized carbons (Fsp3) is 0.206. The summed E-state index contributed by atoms with van der Waals surface area (Å²) in [5.41, 5.74) is 8.95. The summed E-state index contributed by atoms with van der Waals surface area (Å²) in [5, 5.41) is 0. The molecular weight excluding hydrogens is 454 g/mol. The van der Waals surface area contributed by atoms with Crippen molar-refractivity contribution in [3.8, 4) is 5.75 Å². The van der Waals surface area contributed by atoms with Crippen LogP contribution in [0, 0.1) is 13.8 Å². The van der Waals surface area contributed by atoms with Crippen LogP contribution in [-0.2, 0) is 17.6 Å². The van der Waals surface area contributed by atoms with E-state index in [1.54, 1.807) is 13.8 Å². The fourth-order valence-electron chi connectivity index (χ4n) is 4.27. The Morgan fingerprint density at radius 1 is 0.703 bits per heavy atom. The summed E-state index contributed by atoms with van der Waals surface area (Å²) in [4.78, 5) is 14.3. The van der Waals surface area contributed by atoms with Crippen LogP contribution in [0.25, 0.3) is 0 Å². The van der Waals surface area contributed by atoms with Gasteiger partial charge in [-0.1, -0.05) is 66.2 Å². The molecule has 0 aliphatic heterocycles. The predicted molar refractivity (Wildman–Crippen MR) is 154 cm³/mol. The molecule has 0 aromatic heterocycles. The first-order chi connectivity index (χ1) is 17.8. The van der Waals surface area contributed by atoms with E-state index in [0.717, 1.165) is 29.9 Å². The Kier molecular flexibility index (Phi) is 8.25. The molecule has 0 spiro atoms. The maximum Gasteiger partial charge on any atom is 0.198 e. The minimum atomic E-state index is -0.527. The maximum absolute atomic E-state index is 12.0. The van der Waals surface area contributed by atoms with Crippen LogP contribution in [0.1, 0.15) is 36.1 Å². The first-order valence-corrected chi connectivity index (χ1v) is 12.8. The van der Waals surface area contributed by atoms with Crippen LogP contribution in [0.15, 0.2) is 109 Å². The summed E-state index contributed by atoms with van der Waals surface area (Å²) in [6.45, 7) is 11.4. The third kappa shape index (κ3) is 6.77. The minimum Gasteiger partial charge on any atom is -0.483 e. The van der Waals surface area contributed by atoms with Gasteiger partial charge in [-0.3, -0.25) is 4.79 Å². The molecule has 37 heavy (non-hydrogen) atoms. The number of anilines is 3. The molecule has 188 valence electrons. The number of nitrogens with zero attached hydrogens (tertiary/aromatic N) is 1. The standard InChI is InChI=1S/C34H35NO2/c1-24(2)34(36)27(5)37-33-22-14-29(15-23-33)11-10-28-12-20-32(21-13-28)35(30-16-6-25(3)7-17-30)31-18-8-26(4)9-19-31/h6-9,12-23,27H,1,10-11H2,2-5H3. The molecule has 4 aromatic rings. The van der Waals surface area contributed by atoms with E-state index in [4.69, 9.17) is 4.74 Å². The van der Waals surface area contributed by atoms with E-state index in [0.29, 0.717) is 11.3 Å². The second-order valence-electron chi connectivity index (χ2n) is 9.72. The average Bonchev–Trinajstić information content (AvgIpc) is 2.90. The van der Waals surface area contributed by atoms with Crippen molar-refractivity contribution in [2.75, 3.05) is 4.90 Å². The van der Waals surface area contributed by atoms with Crippen molar-refractivity contribution in [2.45, 2.75) is 46.6 Å². The zero-order chi connectivity index (χ0) is 26.4. The highest BCUT2D eigenvalue weighted by molar-refractivity contribution is 5.97. The van der Waals surface area contributed by atoms with Gasteiger partial charge in [-0.25, -0.2) is 0 Å². The number of hydrogen-bond donors (Lipinski definition) is 0. The van der Waals surface area contributed by atoms with Gasteiger partial charge in [0.2, 0.25) is 0 Å². The second kappa shape index (κ2) is 11.7. The maximum atomic E-state index is 12.0. The Labute approximate surface area is 221 Å². The topological polar surface area (TPSA) is 29.5 Å². The van der Waals surface area contributed by atoms with Crippen molar-refractivity contribution in [1.82, 2.24) is 0 Å². The van der Waals surface area contributed by atoms with Gasteiger partial charge in [0.25, 0.3) is 0 Å². The largest absolute Gasteiger partial charge is 0.483 e. The van der Waals surface area contributed by atoms with E-state index < -0.39 is 6.10 Å². The lowest BCUT2D eigenvalue weighted by Crippen LogP contribution is -2.24. The SMILES string of the molecule is C=C(C)C(=O)C(C)Oc1ccc(CCc2ccc(N(c3ccc(C)cc3)c3ccc(C)cc3)cc2)cc1. The van der Waals surface area contributed by atoms with Crippen LogP contribution >= 0.6 is 0 Å². The summed E-state index contributed by atoms with van der Waals surface area (Å²) < 4.78 is 5.76. The van der Waals surface area contributed by atoms with Gasteiger partial charge >= 0.3 is 0 Å². The number of carbonyl (C=O) groups is 1. The summed E-state index contributed by atoms with van der Waals surface area (Å²) in [6.07, 6.45) is 1.35. The van der Waals surface area contributed by atoms with Crippen molar-refractivity contribution in [2.24, 2.45) is 0 Å². The zero-order valence-electron chi connectivity index (χ0n) is 22.2. The molecule has 4 rings (SSSR count). The molecule has 1 unspecified atom stereocenters. The smallest absolute Gasteiger partial charge is 0.198 e. The molecule has 0 N–H and O–H groups in total. The lowest BCUT2D eigenvalue weighted by atomic mass is 10.0. The van der Waals surface area contributed by atoms with E-state index >= 15 is 0 Å². The van der Waals surface area contributed by atoms with E-state index in [9.17, 15) is 4.79 Å². The highest BCUT2D eigenvalue weighted by Gasteiger charge is 2.15. The highest BCUT2D eigenvalue weighted by Crippen LogP contribution is 2.34. The van der Waals surface area contributed by atoms with Crippen molar-refractivity contribution in [3.63, 3.8) is 0 Å². The summed E-state index contributed by atoms with van der Waals surface area (Å²) in [7, 11) is 0. The molecule has 3 heteroatoms. The first-order valence-electron chi connectivity index (χ1n) is 12.8. The van der Waals surface area contributed by atoms with Gasteiger partial charge in [0, 0.05) is 17.1 Å². The Morgan fingerprint density at radius 2 is 1.08 bits per heavy atom. The molecule has 0 amide bonds. The van der Waals surface area contributed by atoms with Gasteiger partial charge in [0.05, 0.1) is 0 Å². The molecule has 0 saturated heterocycles. The predicted octanol–water partition coefficient (Wildman–Crippen LogP) is 8.47. The number of ketones is 1. The van der Waals surface area contributed by atoms with Gasteiger partial charge < -0.3 is 9.64 Å². The van der Waals surface area contributed by atoms with Crippen LogP contribution in [0.2, 0.25) is 0 Å². The van der Waals surface area contributed by atoms with Crippen LogP contribution in [0.3, 0.4) is 0 Å². The van der Waals surface area contributed by atoms with E-state index in [1.165, 1.54) is 22.3 Å². The van der Waals surface area contributed by atoms with Gasteiger partial charge in [0.1, 0.15) is 5.75 Å². The van der Waals surface area contributed by atoms with Crippen molar-refractivity contribution in [3.05, 3.63) is 131 Å². The molecule has 1 atom stereocenters. The van der Waals surface area contributed by atoms with Gasteiger partial charge in [-0.2, -0.15) is 0 Å². The Morgan fingerprint density at radius 3 is 1.49 bits per heavy atom. The number of aryl methyl sites for hydroxylation is 4. The normalized spacial score (nSPS) is 11.6. The molecule has 0 aliphatic rings.